The van der Waals surface area contributed by atoms with Gasteiger partial charge >= 0.3 is 0 Å². The molecule has 47 heavy (non-hydrogen) atoms. The summed E-state index contributed by atoms with van der Waals surface area (Å²) >= 11 is 0. The summed E-state index contributed by atoms with van der Waals surface area (Å²) < 4.78 is 19.6. The van der Waals surface area contributed by atoms with Crippen molar-refractivity contribution in [2.24, 2.45) is 0 Å². The number of carbonyl (C=O) groups excluding carboxylic acids is 1. The topological polar surface area (TPSA) is 52.6 Å². The van der Waals surface area contributed by atoms with Crippen LogP contribution in [0.2, 0.25) is 0 Å². The van der Waals surface area contributed by atoms with Crippen molar-refractivity contribution in [1.82, 2.24) is 0 Å². The largest absolute Gasteiger partial charge is 0.456 e. The minimum absolute atomic E-state index is 0.0867. The summed E-state index contributed by atoms with van der Waals surface area (Å²) in [5.74, 6) is 1.42. The lowest BCUT2D eigenvalue weighted by Crippen LogP contribution is -2.06. The first kappa shape index (κ1) is 25.1. The van der Waals surface area contributed by atoms with Crippen LogP contribution < -0.4 is 4.74 Å². The van der Waals surface area contributed by atoms with E-state index in [1.165, 1.54) is 27.5 Å². The predicted octanol–water partition coefficient (Wildman–Crippen LogP) is 12.0. The average Bonchev–Trinajstić information content (AvgIpc) is 3.09. The van der Waals surface area contributed by atoms with Crippen molar-refractivity contribution in [3.05, 3.63) is 131 Å². The highest BCUT2D eigenvalue weighted by Gasteiger charge is 2.28. The molecule has 0 aliphatic carbocycles. The summed E-state index contributed by atoms with van der Waals surface area (Å²) in [6.45, 7) is 4.30. The lowest BCUT2D eigenvalue weighted by molar-refractivity contribution is 0.103. The lowest BCUT2D eigenvalue weighted by atomic mass is 9.85. The van der Waals surface area contributed by atoms with Crippen molar-refractivity contribution in [3.63, 3.8) is 0 Å². The Labute approximate surface area is 268 Å². The van der Waals surface area contributed by atoms with Gasteiger partial charge in [0.1, 0.15) is 33.8 Å². The molecular formula is C43H24O4. The van der Waals surface area contributed by atoms with E-state index < -0.39 is 0 Å². The van der Waals surface area contributed by atoms with E-state index in [0.29, 0.717) is 22.5 Å². The van der Waals surface area contributed by atoms with Gasteiger partial charge in [-0.2, -0.15) is 0 Å². The van der Waals surface area contributed by atoms with Gasteiger partial charge in [-0.05, 0) is 100 Å². The lowest BCUT2D eigenvalue weighted by Gasteiger charge is -2.25. The van der Waals surface area contributed by atoms with E-state index in [9.17, 15) is 4.79 Å². The van der Waals surface area contributed by atoms with Crippen molar-refractivity contribution in [3.8, 4) is 33.8 Å². The fraction of sp³-hybridized carbons (Fsp3) is 0.0465. The zero-order valence-corrected chi connectivity index (χ0v) is 25.5. The Bertz CT molecular complexity index is 2970. The predicted molar refractivity (Wildman–Crippen MR) is 189 cm³/mol. The molecule has 0 atom stereocenters. The van der Waals surface area contributed by atoms with Crippen molar-refractivity contribution >= 4 is 71.2 Å². The van der Waals surface area contributed by atoms with Gasteiger partial charge < -0.3 is 13.6 Å². The molecule has 3 aliphatic rings. The van der Waals surface area contributed by atoms with Crippen LogP contribution in [0.4, 0.5) is 0 Å². The number of aryl methyl sites for hydroxylation is 2. The summed E-state index contributed by atoms with van der Waals surface area (Å²) in [6.07, 6.45) is 0. The van der Waals surface area contributed by atoms with Crippen LogP contribution in [0.1, 0.15) is 27.0 Å². The number of benzene rings is 8. The number of ketones is 1. The summed E-state index contributed by atoms with van der Waals surface area (Å²) in [5, 5.41) is 8.46. The van der Waals surface area contributed by atoms with E-state index in [0.717, 1.165) is 71.5 Å². The monoisotopic (exact) mass is 604 g/mol. The Morgan fingerprint density at radius 1 is 0.447 bits per heavy atom. The molecule has 0 N–H and O–H groups in total. The summed E-state index contributed by atoms with van der Waals surface area (Å²) in [7, 11) is 0. The summed E-state index contributed by atoms with van der Waals surface area (Å²) in [5.41, 5.74) is 10.9. The highest BCUT2D eigenvalue weighted by Crippen LogP contribution is 2.52. The van der Waals surface area contributed by atoms with Crippen LogP contribution in [-0.4, -0.2) is 5.78 Å². The van der Waals surface area contributed by atoms with Crippen LogP contribution in [0.15, 0.2) is 118 Å². The van der Waals surface area contributed by atoms with Gasteiger partial charge in [-0.3, -0.25) is 4.79 Å². The number of carbonyl (C=O) groups is 1. The molecule has 0 fully saturated rings. The van der Waals surface area contributed by atoms with Gasteiger partial charge in [-0.1, -0.05) is 60.7 Å². The van der Waals surface area contributed by atoms with Crippen LogP contribution in [-0.2, 0) is 0 Å². The fourth-order valence-electron chi connectivity index (χ4n) is 8.16. The number of ether oxygens (including phenoxy) is 1. The van der Waals surface area contributed by atoms with Crippen LogP contribution in [0.3, 0.4) is 0 Å². The average molecular weight is 605 g/mol. The first-order chi connectivity index (χ1) is 23.0. The molecule has 3 heterocycles. The Hall–Kier alpha value is -6.13. The normalized spacial score (nSPS) is 12.7. The molecule has 4 heteroatoms. The molecule has 0 spiro atoms. The van der Waals surface area contributed by atoms with Gasteiger partial charge in [0.2, 0.25) is 0 Å². The Morgan fingerprint density at radius 3 is 1.91 bits per heavy atom. The van der Waals surface area contributed by atoms with E-state index >= 15 is 0 Å². The maximum Gasteiger partial charge on any atom is 0.193 e. The SMILES string of the molecule is Cc1ccc2cc(C(=O)c3cc4ccc5oc6cccc7ccc8oc(c3)c4c5-c8c76)cc3c2c1-c1c(ccc2cccc(C)c12)O3. The number of hydrogen-bond acceptors (Lipinski definition) is 4. The van der Waals surface area contributed by atoms with Gasteiger partial charge in [0, 0.05) is 49.5 Å². The smallest absolute Gasteiger partial charge is 0.193 e. The van der Waals surface area contributed by atoms with E-state index in [1.807, 2.05) is 60.7 Å². The van der Waals surface area contributed by atoms with Crippen molar-refractivity contribution < 1.29 is 18.4 Å². The Balaban J connectivity index is 1.12. The van der Waals surface area contributed by atoms with Gasteiger partial charge in [0.05, 0.1) is 0 Å². The molecule has 0 unspecified atom stereocenters. The van der Waals surface area contributed by atoms with Crippen LogP contribution in [0, 0.1) is 13.8 Å². The minimum atomic E-state index is -0.0867. The minimum Gasteiger partial charge on any atom is -0.456 e. The summed E-state index contributed by atoms with van der Waals surface area (Å²) in [6, 6.07) is 36.7. The van der Waals surface area contributed by atoms with E-state index in [-0.39, 0.29) is 5.78 Å². The second-order valence-electron chi connectivity index (χ2n) is 12.9. The van der Waals surface area contributed by atoms with Crippen LogP contribution in [0.25, 0.3) is 87.7 Å². The van der Waals surface area contributed by atoms with Gasteiger partial charge in [0.15, 0.2) is 5.78 Å². The molecule has 8 aromatic rings. The van der Waals surface area contributed by atoms with Gasteiger partial charge in [-0.15, -0.1) is 0 Å². The highest BCUT2D eigenvalue weighted by atomic mass is 16.5. The molecule has 0 saturated heterocycles. The van der Waals surface area contributed by atoms with Crippen LogP contribution >= 0.6 is 0 Å². The molecule has 0 amide bonds. The summed E-state index contributed by atoms with van der Waals surface area (Å²) in [4.78, 5) is 14.4. The van der Waals surface area contributed by atoms with Crippen molar-refractivity contribution in [2.45, 2.75) is 13.8 Å². The number of rotatable bonds is 2. The number of hydrogen-bond donors (Lipinski definition) is 0. The van der Waals surface area contributed by atoms with Crippen molar-refractivity contribution in [1.29, 1.82) is 0 Å². The third kappa shape index (κ3) is 3.19. The molecular weight excluding hydrogens is 580 g/mol. The van der Waals surface area contributed by atoms with Gasteiger partial charge in [0.25, 0.3) is 0 Å². The third-order valence-corrected chi connectivity index (χ3v) is 10.2. The first-order valence-corrected chi connectivity index (χ1v) is 15.9. The van der Waals surface area contributed by atoms with E-state index in [4.69, 9.17) is 13.6 Å². The van der Waals surface area contributed by atoms with Gasteiger partial charge in [-0.25, -0.2) is 0 Å². The second-order valence-corrected chi connectivity index (χ2v) is 12.9. The maximum absolute atomic E-state index is 14.4. The Kier molecular flexibility index (Phi) is 4.57. The zero-order valence-electron chi connectivity index (χ0n) is 25.5. The fourth-order valence-corrected chi connectivity index (χ4v) is 8.16. The maximum atomic E-state index is 14.4. The molecule has 11 rings (SSSR count). The Morgan fingerprint density at radius 2 is 1.09 bits per heavy atom. The molecule has 0 saturated carbocycles. The molecule has 220 valence electrons. The second kappa shape index (κ2) is 8.56. The van der Waals surface area contributed by atoms with Crippen molar-refractivity contribution in [2.75, 3.05) is 0 Å². The van der Waals surface area contributed by atoms with Crippen LogP contribution in [0.5, 0.6) is 11.5 Å². The molecule has 0 aromatic heterocycles. The molecule has 3 aliphatic heterocycles. The van der Waals surface area contributed by atoms with E-state index in [1.54, 1.807) is 0 Å². The highest BCUT2D eigenvalue weighted by molar-refractivity contribution is 6.25. The molecule has 4 nitrogen and oxygen atoms in total. The standard InChI is InChI=1S/C43H24O4/c1-21-5-3-6-23-11-14-30-40(35(21)23)36-22(2)9-10-25-17-27(19-33(46-30)38(25)36)43(44)28-18-26-13-16-31-42-39(26)34(20-28)47-32-15-12-24-7-4-8-29(45-31)37(24)41(32)42/h3-20H,1-2H3. The zero-order chi connectivity index (χ0) is 31.1. The molecule has 0 bridgehead atoms. The van der Waals surface area contributed by atoms with E-state index in [2.05, 4.69) is 62.4 Å². The number of fused-ring (bicyclic) bond motifs is 4. The molecule has 8 aromatic carbocycles. The first-order valence-electron chi connectivity index (χ1n) is 15.9. The quantitative estimate of drug-likeness (QED) is 0.112. The third-order valence-electron chi connectivity index (χ3n) is 10.2. The molecule has 0 radical (unpaired) electrons.